The van der Waals surface area contributed by atoms with Crippen LogP contribution in [0.15, 0.2) is 30.3 Å². The molecule has 0 aliphatic heterocycles. The molecule has 0 heterocycles. The minimum absolute atomic E-state index is 0.133. The van der Waals surface area contributed by atoms with Gasteiger partial charge in [0.2, 0.25) is 0 Å². The predicted octanol–water partition coefficient (Wildman–Crippen LogP) is 1.08. The number of hydrogen-bond donors (Lipinski definition) is 3. The maximum atomic E-state index is 10.4. The SMILES string of the molecule is NS(=O)(=O)OCCCc1ccccc1.OC1(O)CCCC1. The van der Waals surface area contributed by atoms with E-state index in [1.54, 1.807) is 0 Å². The Kier molecular flexibility index (Phi) is 7.27. The fourth-order valence-corrected chi connectivity index (χ4v) is 2.39. The zero-order chi connectivity index (χ0) is 15.8. The summed E-state index contributed by atoms with van der Waals surface area (Å²) in [7, 11) is -3.78. The Morgan fingerprint density at radius 2 is 1.71 bits per heavy atom. The number of benzene rings is 1. The summed E-state index contributed by atoms with van der Waals surface area (Å²) in [4.78, 5) is 0. The van der Waals surface area contributed by atoms with Crippen LogP contribution in [0.1, 0.15) is 37.7 Å². The molecule has 1 aliphatic rings. The topological polar surface area (TPSA) is 110 Å². The van der Waals surface area contributed by atoms with Gasteiger partial charge in [-0.15, -0.1) is 0 Å². The first kappa shape index (κ1) is 18.1. The van der Waals surface area contributed by atoms with Crippen LogP contribution < -0.4 is 5.14 Å². The van der Waals surface area contributed by atoms with Crippen LogP contribution >= 0.6 is 0 Å². The zero-order valence-electron chi connectivity index (χ0n) is 11.9. The normalized spacial score (nSPS) is 17.1. The van der Waals surface area contributed by atoms with Gasteiger partial charge in [0.15, 0.2) is 5.79 Å². The molecule has 2 rings (SSSR count). The van der Waals surface area contributed by atoms with Gasteiger partial charge < -0.3 is 10.2 Å². The number of aliphatic hydroxyl groups is 2. The van der Waals surface area contributed by atoms with Crippen LogP contribution in [0.4, 0.5) is 0 Å². The van der Waals surface area contributed by atoms with Crippen LogP contribution in [0, 0.1) is 0 Å². The molecule has 0 spiro atoms. The van der Waals surface area contributed by atoms with Crippen molar-refractivity contribution in [3.05, 3.63) is 35.9 Å². The van der Waals surface area contributed by atoms with Gasteiger partial charge in [-0.2, -0.15) is 8.42 Å². The molecule has 0 atom stereocenters. The highest BCUT2D eigenvalue weighted by Gasteiger charge is 2.26. The molecular weight excluding hydrogens is 294 g/mol. The monoisotopic (exact) mass is 317 g/mol. The molecule has 0 bridgehead atoms. The molecule has 1 fully saturated rings. The molecule has 21 heavy (non-hydrogen) atoms. The summed E-state index contributed by atoms with van der Waals surface area (Å²) in [5, 5.41) is 22.2. The van der Waals surface area contributed by atoms with Gasteiger partial charge in [-0.3, -0.25) is 4.18 Å². The first-order valence-corrected chi connectivity index (χ1v) is 8.41. The summed E-state index contributed by atoms with van der Waals surface area (Å²) in [5.41, 5.74) is 1.16. The number of aryl methyl sites for hydroxylation is 1. The quantitative estimate of drug-likeness (QED) is 0.556. The average Bonchev–Trinajstić information content (AvgIpc) is 2.80. The van der Waals surface area contributed by atoms with Crippen molar-refractivity contribution < 1.29 is 22.8 Å². The summed E-state index contributed by atoms with van der Waals surface area (Å²) in [5.74, 6) is -1.31. The van der Waals surface area contributed by atoms with E-state index in [-0.39, 0.29) is 6.61 Å². The van der Waals surface area contributed by atoms with E-state index in [4.69, 9.17) is 10.2 Å². The van der Waals surface area contributed by atoms with E-state index >= 15 is 0 Å². The number of hydrogen-bond acceptors (Lipinski definition) is 5. The van der Waals surface area contributed by atoms with Gasteiger partial charge in [-0.1, -0.05) is 30.3 Å². The molecule has 4 N–H and O–H groups in total. The fourth-order valence-electron chi connectivity index (χ4n) is 2.04. The molecule has 0 saturated heterocycles. The van der Waals surface area contributed by atoms with Gasteiger partial charge in [0.1, 0.15) is 0 Å². The standard InChI is InChI=1S/C9H13NO3S.C5H10O2/c10-14(11,12)13-8-4-7-9-5-2-1-3-6-9;6-5(7)3-1-2-4-5/h1-3,5-6H,4,7-8H2,(H2,10,11,12);6-7H,1-4H2. The molecular formula is C14H23NO5S. The maximum Gasteiger partial charge on any atom is 0.333 e. The molecule has 0 radical (unpaired) electrons. The Morgan fingerprint density at radius 1 is 1.14 bits per heavy atom. The van der Waals surface area contributed by atoms with Crippen LogP contribution in [0.3, 0.4) is 0 Å². The predicted molar refractivity (Wildman–Crippen MR) is 79.5 cm³/mol. The lowest BCUT2D eigenvalue weighted by molar-refractivity contribution is -0.152. The molecule has 0 amide bonds. The van der Waals surface area contributed by atoms with E-state index in [2.05, 4.69) is 9.32 Å². The Balaban J connectivity index is 0.000000262. The molecule has 1 aromatic rings. The van der Waals surface area contributed by atoms with Crippen molar-refractivity contribution >= 4 is 10.3 Å². The summed E-state index contributed by atoms with van der Waals surface area (Å²) >= 11 is 0. The largest absolute Gasteiger partial charge is 0.366 e. The summed E-state index contributed by atoms with van der Waals surface area (Å²) in [6.45, 7) is 0.133. The third-order valence-corrected chi connectivity index (χ3v) is 3.60. The lowest BCUT2D eigenvalue weighted by Crippen LogP contribution is -2.21. The van der Waals surface area contributed by atoms with Gasteiger partial charge >= 0.3 is 10.3 Å². The van der Waals surface area contributed by atoms with Crippen molar-refractivity contribution in [1.82, 2.24) is 0 Å². The van der Waals surface area contributed by atoms with Crippen molar-refractivity contribution in [3.63, 3.8) is 0 Å². The van der Waals surface area contributed by atoms with Crippen molar-refractivity contribution in [2.24, 2.45) is 5.14 Å². The third kappa shape index (κ3) is 9.54. The third-order valence-electron chi connectivity index (χ3n) is 3.10. The first-order chi connectivity index (χ1) is 9.79. The van der Waals surface area contributed by atoms with E-state index in [0.29, 0.717) is 19.3 Å². The van der Waals surface area contributed by atoms with Gasteiger partial charge in [0.25, 0.3) is 0 Å². The lowest BCUT2D eigenvalue weighted by atomic mass is 10.1. The molecule has 7 heteroatoms. The molecule has 1 saturated carbocycles. The second-order valence-electron chi connectivity index (χ2n) is 5.09. The van der Waals surface area contributed by atoms with E-state index in [1.165, 1.54) is 0 Å². The van der Waals surface area contributed by atoms with Gasteiger partial charge in [-0.05, 0) is 31.2 Å². The Bertz CT molecular complexity index is 493. The highest BCUT2D eigenvalue weighted by molar-refractivity contribution is 7.84. The second kappa shape index (κ2) is 8.45. The highest BCUT2D eigenvalue weighted by Crippen LogP contribution is 2.25. The van der Waals surface area contributed by atoms with E-state index < -0.39 is 16.1 Å². The highest BCUT2D eigenvalue weighted by atomic mass is 32.2. The molecule has 1 aliphatic carbocycles. The van der Waals surface area contributed by atoms with E-state index in [0.717, 1.165) is 24.8 Å². The molecule has 120 valence electrons. The zero-order valence-corrected chi connectivity index (χ0v) is 12.8. The molecule has 1 aromatic carbocycles. The molecule has 0 unspecified atom stereocenters. The van der Waals surface area contributed by atoms with Gasteiger partial charge in [0.05, 0.1) is 6.61 Å². The van der Waals surface area contributed by atoms with Crippen molar-refractivity contribution in [3.8, 4) is 0 Å². The van der Waals surface area contributed by atoms with Crippen LogP contribution in [0.25, 0.3) is 0 Å². The van der Waals surface area contributed by atoms with Crippen LogP contribution in [0.2, 0.25) is 0 Å². The van der Waals surface area contributed by atoms with Crippen LogP contribution in [0.5, 0.6) is 0 Å². The Hall–Kier alpha value is -0.990. The lowest BCUT2D eigenvalue weighted by Gasteiger charge is -2.11. The minimum Gasteiger partial charge on any atom is -0.366 e. The number of nitrogens with two attached hydrogens (primary N) is 1. The smallest absolute Gasteiger partial charge is 0.333 e. The Morgan fingerprint density at radius 3 is 2.14 bits per heavy atom. The van der Waals surface area contributed by atoms with E-state index in [1.807, 2.05) is 30.3 Å². The average molecular weight is 317 g/mol. The number of rotatable bonds is 5. The maximum absolute atomic E-state index is 10.4. The van der Waals surface area contributed by atoms with Crippen LogP contribution in [-0.2, 0) is 20.9 Å². The molecule has 0 aromatic heterocycles. The summed E-state index contributed by atoms with van der Waals surface area (Å²) in [6.07, 6.45) is 4.48. The first-order valence-electron chi connectivity index (χ1n) is 6.94. The van der Waals surface area contributed by atoms with Gasteiger partial charge in [0, 0.05) is 12.8 Å². The summed E-state index contributed by atoms with van der Waals surface area (Å²) in [6, 6.07) is 9.78. The molecule has 6 nitrogen and oxygen atoms in total. The fraction of sp³-hybridized carbons (Fsp3) is 0.571. The van der Waals surface area contributed by atoms with E-state index in [9.17, 15) is 8.42 Å². The summed E-state index contributed by atoms with van der Waals surface area (Å²) < 4.78 is 25.2. The van der Waals surface area contributed by atoms with Crippen LogP contribution in [-0.4, -0.2) is 31.0 Å². The minimum atomic E-state index is -3.78. The Labute approximate surface area is 125 Å². The van der Waals surface area contributed by atoms with Gasteiger partial charge in [-0.25, -0.2) is 5.14 Å². The van der Waals surface area contributed by atoms with Crippen molar-refractivity contribution in [2.75, 3.05) is 6.61 Å². The second-order valence-corrected chi connectivity index (χ2v) is 6.31. The van der Waals surface area contributed by atoms with Crippen molar-refractivity contribution in [1.29, 1.82) is 0 Å². The van der Waals surface area contributed by atoms with Crippen molar-refractivity contribution in [2.45, 2.75) is 44.3 Å².